The number of amides is 1. The van der Waals surface area contributed by atoms with Gasteiger partial charge in [-0.05, 0) is 31.0 Å². The number of esters is 1. The van der Waals surface area contributed by atoms with E-state index in [1.54, 1.807) is 18.2 Å². The zero-order chi connectivity index (χ0) is 18.1. The molecule has 1 N–H and O–H groups in total. The summed E-state index contributed by atoms with van der Waals surface area (Å²) in [7, 11) is 0. The van der Waals surface area contributed by atoms with Crippen molar-refractivity contribution >= 4 is 17.6 Å². The Labute approximate surface area is 148 Å². The highest BCUT2D eigenvalue weighted by atomic mass is 16.5. The minimum atomic E-state index is -0.401. The van der Waals surface area contributed by atoms with Gasteiger partial charge in [0.15, 0.2) is 6.61 Å². The lowest BCUT2D eigenvalue weighted by molar-refractivity contribution is -0.149. The fraction of sp³-hybridized carbons (Fsp3) is 0.300. The first-order chi connectivity index (χ1) is 12.2. The molecule has 5 heteroatoms. The van der Waals surface area contributed by atoms with Crippen LogP contribution in [0.25, 0.3) is 0 Å². The van der Waals surface area contributed by atoms with Gasteiger partial charge in [0, 0.05) is 0 Å². The van der Waals surface area contributed by atoms with Crippen LogP contribution >= 0.6 is 0 Å². The molecule has 2 rings (SSSR count). The van der Waals surface area contributed by atoms with Crippen LogP contribution in [0.3, 0.4) is 0 Å². The van der Waals surface area contributed by atoms with Gasteiger partial charge in [0.05, 0.1) is 18.2 Å². The van der Waals surface area contributed by atoms with E-state index >= 15 is 0 Å². The minimum absolute atomic E-state index is 0.331. The molecule has 0 aliphatic rings. The Morgan fingerprint density at radius 3 is 2.36 bits per heavy atom. The number of ether oxygens (including phenoxy) is 2. The van der Waals surface area contributed by atoms with E-state index < -0.39 is 11.9 Å². The molecule has 0 aromatic heterocycles. The third-order valence-electron chi connectivity index (χ3n) is 3.70. The first kappa shape index (κ1) is 18.5. The molecule has 1 amide bonds. The summed E-state index contributed by atoms with van der Waals surface area (Å²) in [6.45, 7) is 3.95. The SMILES string of the molecule is CCOc1ccccc1NC(=O)COC(=O)[C@H](CC)c1ccccc1. The Morgan fingerprint density at radius 2 is 1.68 bits per heavy atom. The highest BCUT2D eigenvalue weighted by molar-refractivity contribution is 5.94. The number of rotatable bonds is 8. The van der Waals surface area contributed by atoms with E-state index in [-0.39, 0.29) is 12.5 Å². The van der Waals surface area contributed by atoms with Crippen molar-refractivity contribution in [1.82, 2.24) is 0 Å². The standard InChI is InChI=1S/C20H23NO4/c1-3-16(15-10-6-5-7-11-15)20(23)25-14-19(22)21-17-12-8-9-13-18(17)24-4-2/h5-13,16H,3-4,14H2,1-2H3,(H,21,22)/t16-/m1/s1. The molecule has 1 atom stereocenters. The van der Waals surface area contributed by atoms with E-state index in [1.165, 1.54) is 0 Å². The normalized spacial score (nSPS) is 11.4. The van der Waals surface area contributed by atoms with Gasteiger partial charge in [0.1, 0.15) is 5.75 Å². The van der Waals surface area contributed by atoms with Gasteiger partial charge in [0.25, 0.3) is 5.91 Å². The lowest BCUT2D eigenvalue weighted by atomic mass is 9.97. The Kier molecular flexibility index (Phi) is 7.01. The average molecular weight is 341 g/mol. The number of nitrogens with one attached hydrogen (secondary N) is 1. The van der Waals surface area contributed by atoms with Gasteiger partial charge in [-0.2, -0.15) is 0 Å². The van der Waals surface area contributed by atoms with Gasteiger partial charge in [-0.25, -0.2) is 0 Å². The topological polar surface area (TPSA) is 64.6 Å². The van der Waals surface area contributed by atoms with E-state index in [1.807, 2.05) is 50.2 Å². The zero-order valence-electron chi connectivity index (χ0n) is 14.5. The molecule has 0 spiro atoms. The highest BCUT2D eigenvalue weighted by Crippen LogP contribution is 2.24. The zero-order valence-corrected chi connectivity index (χ0v) is 14.5. The van der Waals surface area contributed by atoms with Crippen molar-refractivity contribution in [3.8, 4) is 5.75 Å². The fourth-order valence-corrected chi connectivity index (χ4v) is 2.50. The molecule has 0 saturated carbocycles. The van der Waals surface area contributed by atoms with Crippen molar-refractivity contribution in [2.45, 2.75) is 26.2 Å². The van der Waals surface area contributed by atoms with Gasteiger partial charge in [-0.3, -0.25) is 9.59 Å². The van der Waals surface area contributed by atoms with E-state index in [2.05, 4.69) is 5.32 Å². The molecule has 132 valence electrons. The summed E-state index contributed by atoms with van der Waals surface area (Å²) in [6.07, 6.45) is 0.609. The summed E-state index contributed by atoms with van der Waals surface area (Å²) in [5, 5.41) is 2.71. The summed E-state index contributed by atoms with van der Waals surface area (Å²) in [6, 6.07) is 16.5. The van der Waals surface area contributed by atoms with Crippen LogP contribution in [0, 0.1) is 0 Å². The van der Waals surface area contributed by atoms with Gasteiger partial charge in [-0.1, -0.05) is 49.4 Å². The first-order valence-corrected chi connectivity index (χ1v) is 8.39. The van der Waals surface area contributed by atoms with Gasteiger partial charge < -0.3 is 14.8 Å². The largest absolute Gasteiger partial charge is 0.492 e. The maximum absolute atomic E-state index is 12.3. The summed E-state index contributed by atoms with van der Waals surface area (Å²) in [5.74, 6) is -0.588. The molecule has 0 radical (unpaired) electrons. The van der Waals surface area contributed by atoms with Crippen LogP contribution in [0.15, 0.2) is 54.6 Å². The molecular formula is C20H23NO4. The van der Waals surface area contributed by atoms with Crippen LogP contribution in [0.1, 0.15) is 31.7 Å². The van der Waals surface area contributed by atoms with Crippen molar-refractivity contribution < 1.29 is 19.1 Å². The molecule has 0 heterocycles. The Bertz CT molecular complexity index is 700. The lowest BCUT2D eigenvalue weighted by Gasteiger charge is -2.15. The second kappa shape index (κ2) is 9.47. The molecule has 0 saturated heterocycles. The number of hydrogen-bond acceptors (Lipinski definition) is 4. The second-order valence-corrected chi connectivity index (χ2v) is 5.46. The Morgan fingerprint density at radius 1 is 1.00 bits per heavy atom. The van der Waals surface area contributed by atoms with Gasteiger partial charge in [-0.15, -0.1) is 0 Å². The third kappa shape index (κ3) is 5.35. The predicted octanol–water partition coefficient (Wildman–Crippen LogP) is 3.76. The maximum Gasteiger partial charge on any atom is 0.313 e. The molecule has 0 fully saturated rings. The molecular weight excluding hydrogens is 318 g/mol. The highest BCUT2D eigenvalue weighted by Gasteiger charge is 2.21. The summed E-state index contributed by atoms with van der Waals surface area (Å²) >= 11 is 0. The molecule has 0 aliphatic carbocycles. The van der Waals surface area contributed by atoms with Crippen LogP contribution in [0.4, 0.5) is 5.69 Å². The van der Waals surface area contributed by atoms with Crippen molar-refractivity contribution in [1.29, 1.82) is 0 Å². The molecule has 2 aromatic carbocycles. The van der Waals surface area contributed by atoms with Crippen molar-refractivity contribution in [2.75, 3.05) is 18.5 Å². The maximum atomic E-state index is 12.3. The number of anilines is 1. The van der Waals surface area contributed by atoms with E-state index in [0.717, 1.165) is 5.56 Å². The quantitative estimate of drug-likeness (QED) is 0.743. The molecule has 25 heavy (non-hydrogen) atoms. The van der Waals surface area contributed by atoms with Crippen molar-refractivity contribution in [3.05, 3.63) is 60.2 Å². The molecule has 0 aliphatic heterocycles. The Balaban J connectivity index is 1.92. The van der Waals surface area contributed by atoms with E-state index in [4.69, 9.17) is 9.47 Å². The average Bonchev–Trinajstić information content (AvgIpc) is 2.63. The van der Waals surface area contributed by atoms with E-state index in [0.29, 0.717) is 24.5 Å². The number of hydrogen-bond donors (Lipinski definition) is 1. The smallest absolute Gasteiger partial charge is 0.313 e. The molecule has 2 aromatic rings. The van der Waals surface area contributed by atoms with Crippen LogP contribution in [-0.4, -0.2) is 25.1 Å². The summed E-state index contributed by atoms with van der Waals surface area (Å²) in [4.78, 5) is 24.4. The number of benzene rings is 2. The fourth-order valence-electron chi connectivity index (χ4n) is 2.50. The lowest BCUT2D eigenvalue weighted by Crippen LogP contribution is -2.24. The van der Waals surface area contributed by atoms with Gasteiger partial charge >= 0.3 is 5.97 Å². The van der Waals surface area contributed by atoms with Crippen LogP contribution in [-0.2, 0) is 14.3 Å². The number of carbonyl (C=O) groups is 2. The summed E-state index contributed by atoms with van der Waals surface area (Å²) in [5.41, 5.74) is 1.44. The third-order valence-corrected chi connectivity index (χ3v) is 3.70. The first-order valence-electron chi connectivity index (χ1n) is 8.39. The van der Waals surface area contributed by atoms with Crippen LogP contribution in [0.2, 0.25) is 0 Å². The second-order valence-electron chi connectivity index (χ2n) is 5.46. The monoisotopic (exact) mass is 341 g/mol. The molecule has 0 bridgehead atoms. The van der Waals surface area contributed by atoms with Crippen molar-refractivity contribution in [3.63, 3.8) is 0 Å². The number of carbonyl (C=O) groups excluding carboxylic acids is 2. The van der Waals surface area contributed by atoms with Crippen LogP contribution < -0.4 is 10.1 Å². The minimum Gasteiger partial charge on any atom is -0.492 e. The number of para-hydroxylation sites is 2. The predicted molar refractivity (Wildman–Crippen MR) is 96.7 cm³/mol. The van der Waals surface area contributed by atoms with Gasteiger partial charge in [0.2, 0.25) is 0 Å². The van der Waals surface area contributed by atoms with Crippen molar-refractivity contribution in [2.24, 2.45) is 0 Å². The Hall–Kier alpha value is -2.82. The van der Waals surface area contributed by atoms with Crippen LogP contribution in [0.5, 0.6) is 5.75 Å². The molecule has 0 unspecified atom stereocenters. The van der Waals surface area contributed by atoms with E-state index in [9.17, 15) is 9.59 Å². The summed E-state index contributed by atoms with van der Waals surface area (Å²) < 4.78 is 10.6. The molecule has 5 nitrogen and oxygen atoms in total.